The molecule has 0 saturated carbocycles. The molecule has 3 heteroatoms. The van der Waals surface area contributed by atoms with Gasteiger partial charge in [-0.1, -0.05) is 38.1 Å². The molecule has 0 N–H and O–H groups in total. The summed E-state index contributed by atoms with van der Waals surface area (Å²) < 4.78 is 5.47. The van der Waals surface area contributed by atoms with E-state index >= 15 is 0 Å². The largest absolute Gasteiger partial charge is 0.456 e. The summed E-state index contributed by atoms with van der Waals surface area (Å²) in [4.78, 5) is 12.3. The van der Waals surface area contributed by atoms with Crippen LogP contribution in [0.4, 0.5) is 0 Å². The Balaban J connectivity index is 2.30. The van der Waals surface area contributed by atoms with Crippen LogP contribution in [0, 0.1) is 0 Å². The van der Waals surface area contributed by atoms with Gasteiger partial charge in [-0.15, -0.1) is 0 Å². The molecule has 1 heterocycles. The molecule has 2 nitrogen and oxygen atoms in total. The number of carbonyl (C=O) groups is 1. The van der Waals surface area contributed by atoms with Crippen LogP contribution in [0.5, 0.6) is 0 Å². The van der Waals surface area contributed by atoms with Crippen LogP contribution in [0.15, 0.2) is 35.0 Å². The summed E-state index contributed by atoms with van der Waals surface area (Å²) in [6.07, 6.45) is 0. The molecule has 1 aromatic carbocycles. The van der Waals surface area contributed by atoms with Crippen molar-refractivity contribution < 1.29 is 9.53 Å². The van der Waals surface area contributed by atoms with Crippen molar-refractivity contribution in [2.75, 3.05) is 0 Å². The minimum atomic E-state index is -0.474. The zero-order valence-corrected chi connectivity index (χ0v) is 14.1. The van der Waals surface area contributed by atoms with E-state index < -0.39 is 5.60 Å². The lowest BCUT2D eigenvalue weighted by molar-refractivity contribution is 0.00710. The van der Waals surface area contributed by atoms with Crippen molar-refractivity contribution >= 4 is 17.3 Å². The van der Waals surface area contributed by atoms with Crippen LogP contribution in [0.1, 0.15) is 56.5 Å². The van der Waals surface area contributed by atoms with Gasteiger partial charge in [-0.3, -0.25) is 0 Å². The molecule has 0 saturated heterocycles. The maximum absolute atomic E-state index is 12.3. The van der Waals surface area contributed by atoms with E-state index in [1.54, 1.807) is 0 Å². The summed E-state index contributed by atoms with van der Waals surface area (Å²) in [6, 6.07) is 8.39. The van der Waals surface area contributed by atoms with Crippen LogP contribution >= 0.6 is 11.3 Å². The standard InChI is InChI=1S/C18H22O2S/c1-12(2)13-6-8-14(9-7-13)15-10-21-11-16(15)17(19)20-18(3,4)5/h6-12H,1-5H3. The van der Waals surface area contributed by atoms with Gasteiger partial charge < -0.3 is 4.74 Å². The topological polar surface area (TPSA) is 26.3 Å². The molecule has 112 valence electrons. The second kappa shape index (κ2) is 6.02. The van der Waals surface area contributed by atoms with E-state index in [-0.39, 0.29) is 5.97 Å². The highest BCUT2D eigenvalue weighted by Gasteiger charge is 2.21. The van der Waals surface area contributed by atoms with Crippen molar-refractivity contribution in [3.05, 3.63) is 46.2 Å². The van der Waals surface area contributed by atoms with Crippen LogP contribution in [-0.2, 0) is 4.74 Å². The van der Waals surface area contributed by atoms with Gasteiger partial charge >= 0.3 is 5.97 Å². The van der Waals surface area contributed by atoms with Gasteiger partial charge in [-0.05, 0) is 43.2 Å². The fourth-order valence-corrected chi connectivity index (χ4v) is 2.89. The summed E-state index contributed by atoms with van der Waals surface area (Å²) >= 11 is 1.53. The molecule has 0 amide bonds. The lowest BCUT2D eigenvalue weighted by atomic mass is 9.98. The number of carbonyl (C=O) groups excluding carboxylic acids is 1. The first-order chi connectivity index (χ1) is 9.78. The van der Waals surface area contributed by atoms with Gasteiger partial charge in [0.15, 0.2) is 0 Å². The minimum absolute atomic E-state index is 0.258. The van der Waals surface area contributed by atoms with Crippen molar-refractivity contribution in [3.63, 3.8) is 0 Å². The monoisotopic (exact) mass is 302 g/mol. The highest BCUT2D eigenvalue weighted by atomic mass is 32.1. The van der Waals surface area contributed by atoms with Gasteiger partial charge in [0, 0.05) is 10.9 Å². The van der Waals surface area contributed by atoms with E-state index in [1.165, 1.54) is 16.9 Å². The molecule has 1 aromatic heterocycles. The van der Waals surface area contributed by atoms with Crippen LogP contribution < -0.4 is 0 Å². The molecule has 0 aliphatic carbocycles. The number of thiophene rings is 1. The minimum Gasteiger partial charge on any atom is -0.456 e. The second-order valence-electron chi connectivity index (χ2n) is 6.48. The van der Waals surface area contributed by atoms with E-state index in [4.69, 9.17) is 4.74 Å². The van der Waals surface area contributed by atoms with Gasteiger partial charge in [0.05, 0.1) is 5.56 Å². The number of benzene rings is 1. The Labute approximate surface area is 130 Å². The Morgan fingerprint density at radius 1 is 1.10 bits per heavy atom. The average Bonchev–Trinajstić information content (AvgIpc) is 2.86. The van der Waals surface area contributed by atoms with Crippen molar-refractivity contribution in [2.45, 2.75) is 46.1 Å². The molecular formula is C18H22O2S. The first-order valence-electron chi connectivity index (χ1n) is 7.18. The molecule has 0 aliphatic rings. The Morgan fingerprint density at radius 2 is 1.71 bits per heavy atom. The Hall–Kier alpha value is -1.61. The molecule has 0 fully saturated rings. The quantitative estimate of drug-likeness (QED) is 0.700. The normalized spacial score (nSPS) is 11.7. The van der Waals surface area contributed by atoms with Crippen LogP contribution in [0.25, 0.3) is 11.1 Å². The van der Waals surface area contributed by atoms with E-state index in [1.807, 2.05) is 31.5 Å². The van der Waals surface area contributed by atoms with Gasteiger partial charge in [-0.2, -0.15) is 11.3 Å². The fourth-order valence-electron chi connectivity index (χ4n) is 2.06. The first-order valence-corrected chi connectivity index (χ1v) is 8.12. The van der Waals surface area contributed by atoms with Gasteiger partial charge in [-0.25, -0.2) is 4.79 Å². The lowest BCUT2D eigenvalue weighted by Crippen LogP contribution is -2.23. The summed E-state index contributed by atoms with van der Waals surface area (Å²) in [6.45, 7) is 9.99. The molecule has 0 bridgehead atoms. The molecule has 0 radical (unpaired) electrons. The van der Waals surface area contributed by atoms with Crippen LogP contribution in [0.3, 0.4) is 0 Å². The molecule has 0 spiro atoms. The van der Waals surface area contributed by atoms with Crippen molar-refractivity contribution in [1.82, 2.24) is 0 Å². The molecule has 0 atom stereocenters. The number of hydrogen-bond donors (Lipinski definition) is 0. The number of ether oxygens (including phenoxy) is 1. The van der Waals surface area contributed by atoms with Crippen LogP contribution in [0.2, 0.25) is 0 Å². The van der Waals surface area contributed by atoms with Crippen LogP contribution in [-0.4, -0.2) is 11.6 Å². The summed E-state index contributed by atoms with van der Waals surface area (Å²) in [5.41, 5.74) is 3.48. The fraction of sp³-hybridized carbons (Fsp3) is 0.389. The maximum Gasteiger partial charge on any atom is 0.340 e. The SMILES string of the molecule is CC(C)c1ccc(-c2cscc2C(=O)OC(C)(C)C)cc1. The third-order valence-corrected chi connectivity index (χ3v) is 3.91. The highest BCUT2D eigenvalue weighted by Crippen LogP contribution is 2.30. The maximum atomic E-state index is 12.3. The molecule has 2 aromatic rings. The zero-order valence-electron chi connectivity index (χ0n) is 13.3. The Kier molecular flexibility index (Phi) is 4.52. The predicted molar refractivity (Wildman–Crippen MR) is 89.0 cm³/mol. The second-order valence-corrected chi connectivity index (χ2v) is 7.22. The molecule has 0 aliphatic heterocycles. The zero-order chi connectivity index (χ0) is 15.6. The lowest BCUT2D eigenvalue weighted by Gasteiger charge is -2.19. The van der Waals surface area contributed by atoms with E-state index in [0.717, 1.165) is 11.1 Å². The average molecular weight is 302 g/mol. The summed E-state index contributed by atoms with van der Waals surface area (Å²) in [5, 5.41) is 3.86. The third-order valence-electron chi connectivity index (χ3n) is 3.17. The van der Waals surface area contributed by atoms with E-state index in [9.17, 15) is 4.79 Å². The number of rotatable bonds is 3. The Morgan fingerprint density at radius 3 is 2.24 bits per heavy atom. The van der Waals surface area contributed by atoms with E-state index in [2.05, 4.69) is 38.1 Å². The van der Waals surface area contributed by atoms with Crippen molar-refractivity contribution in [3.8, 4) is 11.1 Å². The number of esters is 1. The van der Waals surface area contributed by atoms with Gasteiger partial charge in [0.25, 0.3) is 0 Å². The van der Waals surface area contributed by atoms with Crippen molar-refractivity contribution in [1.29, 1.82) is 0 Å². The number of hydrogen-bond acceptors (Lipinski definition) is 3. The third kappa shape index (κ3) is 3.94. The molecule has 0 unspecified atom stereocenters. The highest BCUT2D eigenvalue weighted by molar-refractivity contribution is 7.08. The summed E-state index contributed by atoms with van der Waals surface area (Å²) in [7, 11) is 0. The van der Waals surface area contributed by atoms with Crippen molar-refractivity contribution in [2.24, 2.45) is 0 Å². The molecule has 2 rings (SSSR count). The first kappa shape index (κ1) is 15.8. The molecular weight excluding hydrogens is 280 g/mol. The van der Waals surface area contributed by atoms with Gasteiger partial charge in [0.2, 0.25) is 0 Å². The summed E-state index contributed by atoms with van der Waals surface area (Å²) in [5.74, 6) is 0.249. The van der Waals surface area contributed by atoms with Gasteiger partial charge in [0.1, 0.15) is 5.60 Å². The Bertz CT molecular complexity index is 615. The molecule has 21 heavy (non-hydrogen) atoms. The predicted octanol–water partition coefficient (Wildman–Crippen LogP) is 5.49. The van der Waals surface area contributed by atoms with E-state index in [0.29, 0.717) is 11.5 Å². The smallest absolute Gasteiger partial charge is 0.340 e.